The summed E-state index contributed by atoms with van der Waals surface area (Å²) in [6, 6.07) is 3.00. The van der Waals surface area contributed by atoms with Crippen LogP contribution in [0.1, 0.15) is 29.4 Å². The molecule has 24 heavy (non-hydrogen) atoms. The zero-order valence-corrected chi connectivity index (χ0v) is 14.3. The Morgan fingerprint density at radius 2 is 1.96 bits per heavy atom. The highest BCUT2D eigenvalue weighted by Crippen LogP contribution is 2.25. The zero-order valence-electron chi connectivity index (χ0n) is 13.4. The third kappa shape index (κ3) is 3.73. The number of nitrogens with one attached hydrogen (secondary N) is 1. The molecule has 9 heteroatoms. The van der Waals surface area contributed by atoms with Crippen LogP contribution in [-0.2, 0) is 4.79 Å². The van der Waals surface area contributed by atoms with Crippen LogP contribution in [0.5, 0.6) is 0 Å². The first-order valence-electron chi connectivity index (χ1n) is 8.03. The van der Waals surface area contributed by atoms with Gasteiger partial charge in [0.2, 0.25) is 5.91 Å². The molecule has 2 aliphatic rings. The minimum atomic E-state index is -0.487. The Bertz CT molecular complexity index is 650. The normalized spacial score (nSPS) is 19.8. The largest absolute Gasteiger partial charge is 0.352 e. The molecule has 1 unspecified atom stereocenters. The highest BCUT2D eigenvalue weighted by atomic mass is 32.1. The lowest BCUT2D eigenvalue weighted by atomic mass is 10.2. The third-order valence-electron chi connectivity index (χ3n) is 4.43. The SMILES string of the molecule is CC(C(=O)NC1CC1)N1CCN(C(=O)c2ccc([N+](=O)[O-])s2)CC1. The topological polar surface area (TPSA) is 95.8 Å². The minimum absolute atomic E-state index is 0.0256. The first-order valence-corrected chi connectivity index (χ1v) is 8.85. The number of amides is 2. The van der Waals surface area contributed by atoms with Gasteiger partial charge in [-0.05, 0) is 25.8 Å². The van der Waals surface area contributed by atoms with Gasteiger partial charge >= 0.3 is 5.00 Å². The molecule has 0 spiro atoms. The fraction of sp³-hybridized carbons (Fsp3) is 0.600. The minimum Gasteiger partial charge on any atom is -0.352 e. The van der Waals surface area contributed by atoms with Crippen LogP contribution >= 0.6 is 11.3 Å². The number of carbonyl (C=O) groups is 2. The molecule has 1 aromatic rings. The molecule has 1 saturated carbocycles. The molecule has 1 atom stereocenters. The van der Waals surface area contributed by atoms with Crippen LogP contribution in [-0.4, -0.2) is 64.8 Å². The summed E-state index contributed by atoms with van der Waals surface area (Å²) in [7, 11) is 0. The predicted octanol–water partition coefficient (Wildman–Crippen LogP) is 1.08. The molecular weight excluding hydrogens is 332 g/mol. The summed E-state index contributed by atoms with van der Waals surface area (Å²) in [5, 5.41) is 13.7. The van der Waals surface area contributed by atoms with Gasteiger partial charge in [0, 0.05) is 38.3 Å². The third-order valence-corrected chi connectivity index (χ3v) is 5.46. The number of carbonyl (C=O) groups excluding carboxylic acids is 2. The number of thiophene rings is 1. The van der Waals surface area contributed by atoms with Gasteiger partial charge in [-0.3, -0.25) is 24.6 Å². The summed E-state index contributed by atoms with van der Waals surface area (Å²) >= 11 is 0.900. The van der Waals surface area contributed by atoms with Crippen LogP contribution in [0.2, 0.25) is 0 Å². The molecule has 2 amide bonds. The maximum Gasteiger partial charge on any atom is 0.324 e. The number of rotatable bonds is 5. The molecule has 0 radical (unpaired) electrons. The van der Waals surface area contributed by atoms with Gasteiger partial charge in [0.1, 0.15) is 0 Å². The number of nitro groups is 1. The van der Waals surface area contributed by atoms with Crippen molar-refractivity contribution < 1.29 is 14.5 Å². The smallest absolute Gasteiger partial charge is 0.324 e. The number of hydrogen-bond acceptors (Lipinski definition) is 6. The van der Waals surface area contributed by atoms with E-state index in [0.29, 0.717) is 37.1 Å². The molecule has 2 fully saturated rings. The quantitative estimate of drug-likeness (QED) is 0.632. The van der Waals surface area contributed by atoms with Gasteiger partial charge in [-0.1, -0.05) is 11.3 Å². The van der Waals surface area contributed by atoms with Crippen molar-refractivity contribution >= 4 is 28.2 Å². The Morgan fingerprint density at radius 1 is 1.29 bits per heavy atom. The van der Waals surface area contributed by atoms with Gasteiger partial charge in [-0.15, -0.1) is 0 Å². The molecule has 8 nitrogen and oxygen atoms in total. The summed E-state index contributed by atoms with van der Waals surface area (Å²) < 4.78 is 0. The lowest BCUT2D eigenvalue weighted by Crippen LogP contribution is -2.55. The van der Waals surface area contributed by atoms with Crippen molar-refractivity contribution in [2.75, 3.05) is 26.2 Å². The van der Waals surface area contributed by atoms with Crippen molar-refractivity contribution in [3.8, 4) is 0 Å². The maximum atomic E-state index is 12.4. The fourth-order valence-electron chi connectivity index (χ4n) is 2.72. The predicted molar refractivity (Wildman–Crippen MR) is 89.1 cm³/mol. The van der Waals surface area contributed by atoms with Gasteiger partial charge in [0.15, 0.2) is 0 Å². The highest BCUT2D eigenvalue weighted by molar-refractivity contribution is 7.17. The molecular formula is C15H20N4O4S. The van der Waals surface area contributed by atoms with Gasteiger partial charge in [0.25, 0.3) is 5.91 Å². The van der Waals surface area contributed by atoms with E-state index in [1.165, 1.54) is 12.1 Å². The molecule has 1 aliphatic heterocycles. The fourth-order valence-corrected chi connectivity index (χ4v) is 3.51. The van der Waals surface area contributed by atoms with E-state index in [2.05, 4.69) is 10.2 Å². The molecule has 1 N–H and O–H groups in total. The lowest BCUT2D eigenvalue weighted by Gasteiger charge is -2.37. The lowest BCUT2D eigenvalue weighted by molar-refractivity contribution is -0.380. The molecule has 1 aromatic heterocycles. The Kier molecular flexibility index (Phi) is 4.81. The first kappa shape index (κ1) is 16.8. The summed E-state index contributed by atoms with van der Waals surface area (Å²) in [6.45, 7) is 4.17. The molecule has 0 bridgehead atoms. The van der Waals surface area contributed by atoms with Crippen molar-refractivity contribution in [2.45, 2.75) is 31.8 Å². The standard InChI is InChI=1S/C15H20N4O4S/c1-10(14(20)16-11-2-3-11)17-6-8-18(9-7-17)15(21)12-4-5-13(24-12)19(22)23/h4-5,10-11H,2-3,6-9H2,1H3,(H,16,20). The number of nitrogens with zero attached hydrogens (tertiary/aromatic N) is 3. The number of hydrogen-bond donors (Lipinski definition) is 1. The second-order valence-electron chi connectivity index (χ2n) is 6.18. The van der Waals surface area contributed by atoms with E-state index in [4.69, 9.17) is 0 Å². The molecule has 1 saturated heterocycles. The molecule has 130 valence electrons. The van der Waals surface area contributed by atoms with Crippen molar-refractivity contribution in [3.63, 3.8) is 0 Å². The van der Waals surface area contributed by atoms with E-state index < -0.39 is 4.92 Å². The van der Waals surface area contributed by atoms with Gasteiger partial charge < -0.3 is 10.2 Å². The summed E-state index contributed by atoms with van der Waals surface area (Å²) in [5.41, 5.74) is 0. The van der Waals surface area contributed by atoms with Crippen LogP contribution in [0, 0.1) is 10.1 Å². The molecule has 2 heterocycles. The average molecular weight is 352 g/mol. The van der Waals surface area contributed by atoms with Crippen molar-refractivity contribution in [2.24, 2.45) is 0 Å². The van der Waals surface area contributed by atoms with Crippen molar-refractivity contribution in [1.29, 1.82) is 0 Å². The van der Waals surface area contributed by atoms with Gasteiger partial charge in [-0.2, -0.15) is 0 Å². The Hall–Kier alpha value is -2.00. The van der Waals surface area contributed by atoms with E-state index in [1.54, 1.807) is 4.90 Å². The number of piperazine rings is 1. The van der Waals surface area contributed by atoms with E-state index in [0.717, 1.165) is 24.2 Å². The summed E-state index contributed by atoms with van der Waals surface area (Å²) in [5.74, 6) is -0.131. The Morgan fingerprint density at radius 3 is 2.50 bits per heavy atom. The van der Waals surface area contributed by atoms with Gasteiger partial charge in [0.05, 0.1) is 15.8 Å². The zero-order chi connectivity index (χ0) is 17.3. The van der Waals surface area contributed by atoms with Crippen molar-refractivity contribution in [3.05, 3.63) is 27.1 Å². The van der Waals surface area contributed by atoms with Crippen molar-refractivity contribution in [1.82, 2.24) is 15.1 Å². The molecule has 1 aliphatic carbocycles. The van der Waals surface area contributed by atoms with Gasteiger partial charge in [-0.25, -0.2) is 0 Å². The van der Waals surface area contributed by atoms with E-state index in [9.17, 15) is 19.7 Å². The van der Waals surface area contributed by atoms with E-state index in [1.807, 2.05) is 6.92 Å². The highest BCUT2D eigenvalue weighted by Gasteiger charge is 2.31. The maximum absolute atomic E-state index is 12.4. The summed E-state index contributed by atoms with van der Waals surface area (Å²) in [6.07, 6.45) is 2.13. The van der Waals surface area contributed by atoms with E-state index in [-0.39, 0.29) is 22.9 Å². The Balaban J connectivity index is 1.52. The Labute approximate surface area is 143 Å². The second kappa shape index (κ2) is 6.86. The first-order chi connectivity index (χ1) is 11.5. The van der Waals surface area contributed by atoms with Crippen LogP contribution in [0.15, 0.2) is 12.1 Å². The van der Waals surface area contributed by atoms with Crippen LogP contribution < -0.4 is 5.32 Å². The summed E-state index contributed by atoms with van der Waals surface area (Å²) in [4.78, 5) is 38.9. The van der Waals surface area contributed by atoms with Crippen LogP contribution in [0.4, 0.5) is 5.00 Å². The van der Waals surface area contributed by atoms with E-state index >= 15 is 0 Å². The molecule has 3 rings (SSSR count). The second-order valence-corrected chi connectivity index (χ2v) is 7.24. The monoisotopic (exact) mass is 352 g/mol. The average Bonchev–Trinajstić information content (AvgIpc) is 3.25. The molecule has 0 aromatic carbocycles. The van der Waals surface area contributed by atoms with Crippen LogP contribution in [0.25, 0.3) is 0 Å². The van der Waals surface area contributed by atoms with Crippen LogP contribution in [0.3, 0.4) is 0 Å².